The largest absolute Gasteiger partial charge is 0.497 e. The van der Waals surface area contributed by atoms with Crippen LogP contribution in [0, 0.1) is 12.8 Å². The first-order chi connectivity index (χ1) is 16.0. The van der Waals surface area contributed by atoms with Crippen molar-refractivity contribution in [1.29, 1.82) is 0 Å². The second-order valence-electron chi connectivity index (χ2n) is 8.47. The predicted octanol–water partition coefficient (Wildman–Crippen LogP) is 4.76. The molecule has 3 aromatic rings. The van der Waals surface area contributed by atoms with Gasteiger partial charge in [0.05, 0.1) is 25.1 Å². The highest BCUT2D eigenvalue weighted by molar-refractivity contribution is 5.97. The average Bonchev–Trinajstić information content (AvgIpc) is 2.85. The zero-order valence-corrected chi connectivity index (χ0v) is 19.2. The van der Waals surface area contributed by atoms with Gasteiger partial charge in [-0.2, -0.15) is 0 Å². The number of hydrogen-bond donors (Lipinski definition) is 1. The maximum absolute atomic E-state index is 13.5. The van der Waals surface area contributed by atoms with Crippen molar-refractivity contribution in [1.82, 2.24) is 10.3 Å². The Hall–Kier alpha value is -3.67. The van der Waals surface area contributed by atoms with Gasteiger partial charge in [0, 0.05) is 24.5 Å². The van der Waals surface area contributed by atoms with E-state index in [1.54, 1.807) is 24.4 Å². The lowest BCUT2D eigenvalue weighted by atomic mass is 9.83. The molecule has 2 aromatic carbocycles. The molecule has 1 aliphatic heterocycles. The summed E-state index contributed by atoms with van der Waals surface area (Å²) in [5.41, 5.74) is 3.80. The van der Waals surface area contributed by atoms with E-state index in [4.69, 9.17) is 4.74 Å². The van der Waals surface area contributed by atoms with Crippen LogP contribution in [0.5, 0.6) is 5.75 Å². The Bertz CT molecular complexity index is 1100. The zero-order valence-electron chi connectivity index (χ0n) is 19.2. The van der Waals surface area contributed by atoms with Crippen molar-refractivity contribution in [2.24, 2.45) is 5.92 Å². The Labute approximate surface area is 194 Å². The molecule has 1 aromatic heterocycles. The third-order valence-electron chi connectivity index (χ3n) is 6.27. The Morgan fingerprint density at radius 3 is 2.36 bits per heavy atom. The average molecular weight is 444 g/mol. The van der Waals surface area contributed by atoms with Gasteiger partial charge in [0.2, 0.25) is 11.8 Å². The lowest BCUT2D eigenvalue weighted by Crippen LogP contribution is -2.48. The molecule has 0 aliphatic carbocycles. The first-order valence-electron chi connectivity index (χ1n) is 11.2. The normalized spacial score (nSPS) is 19.1. The number of nitrogens with one attached hydrogen (secondary N) is 1. The molecule has 1 fully saturated rings. The molecule has 33 heavy (non-hydrogen) atoms. The van der Waals surface area contributed by atoms with Gasteiger partial charge in [-0.3, -0.25) is 14.6 Å². The van der Waals surface area contributed by atoms with E-state index in [0.717, 1.165) is 28.1 Å². The van der Waals surface area contributed by atoms with E-state index in [0.29, 0.717) is 12.8 Å². The van der Waals surface area contributed by atoms with Crippen LogP contribution in [-0.4, -0.2) is 23.9 Å². The van der Waals surface area contributed by atoms with Crippen LogP contribution in [0.1, 0.15) is 48.5 Å². The van der Waals surface area contributed by atoms with Crippen molar-refractivity contribution >= 4 is 17.5 Å². The Morgan fingerprint density at radius 1 is 1.06 bits per heavy atom. The van der Waals surface area contributed by atoms with E-state index in [-0.39, 0.29) is 23.8 Å². The van der Waals surface area contributed by atoms with E-state index < -0.39 is 6.04 Å². The number of piperidine rings is 1. The third-order valence-corrected chi connectivity index (χ3v) is 6.27. The van der Waals surface area contributed by atoms with Crippen LogP contribution in [0.2, 0.25) is 0 Å². The summed E-state index contributed by atoms with van der Waals surface area (Å²) in [5, 5.41) is 3.15. The number of carbonyl (C=O) groups is 2. The van der Waals surface area contributed by atoms with Crippen LogP contribution >= 0.6 is 0 Å². The standard InChI is InChI=1S/C27H29N3O3/c1-18-4-8-22(9-5-18)30-25(31)13-12-24(26(30)21-6-10-23(33-3)11-7-21)27(32)29-19(2)20-14-16-28-17-15-20/h4-11,14-17,19,24,26H,12-13H2,1-3H3,(H,29,32). The van der Waals surface area contributed by atoms with Crippen molar-refractivity contribution in [3.05, 3.63) is 89.7 Å². The minimum Gasteiger partial charge on any atom is -0.497 e. The molecular formula is C27H29N3O3. The highest BCUT2D eigenvalue weighted by Crippen LogP contribution is 2.40. The van der Waals surface area contributed by atoms with Crippen molar-refractivity contribution in [3.8, 4) is 5.75 Å². The number of ether oxygens (including phenoxy) is 1. The fourth-order valence-corrected chi connectivity index (χ4v) is 4.42. The maximum atomic E-state index is 13.5. The smallest absolute Gasteiger partial charge is 0.227 e. The summed E-state index contributed by atoms with van der Waals surface area (Å²) in [7, 11) is 1.62. The van der Waals surface area contributed by atoms with Crippen molar-refractivity contribution in [3.63, 3.8) is 0 Å². The number of nitrogens with zero attached hydrogens (tertiary/aromatic N) is 2. The van der Waals surface area contributed by atoms with E-state index in [1.807, 2.05) is 74.5 Å². The number of amides is 2. The zero-order chi connectivity index (χ0) is 23.4. The van der Waals surface area contributed by atoms with Crippen LogP contribution in [0.25, 0.3) is 0 Å². The molecule has 3 unspecified atom stereocenters. The number of carbonyl (C=O) groups excluding carboxylic acids is 2. The molecule has 1 N–H and O–H groups in total. The van der Waals surface area contributed by atoms with Gasteiger partial charge in [-0.25, -0.2) is 0 Å². The third kappa shape index (κ3) is 4.90. The molecule has 3 atom stereocenters. The topological polar surface area (TPSA) is 71.5 Å². The van der Waals surface area contributed by atoms with Crippen LogP contribution in [0.3, 0.4) is 0 Å². The second kappa shape index (κ2) is 9.86. The fourth-order valence-electron chi connectivity index (χ4n) is 4.42. The lowest BCUT2D eigenvalue weighted by molar-refractivity contribution is -0.129. The molecular weight excluding hydrogens is 414 g/mol. The number of rotatable bonds is 6. The molecule has 0 bridgehead atoms. The van der Waals surface area contributed by atoms with Crippen molar-refractivity contribution in [2.45, 2.75) is 38.8 Å². The minimum absolute atomic E-state index is 0.0194. The van der Waals surface area contributed by atoms with Gasteiger partial charge in [0.25, 0.3) is 0 Å². The number of benzene rings is 2. The number of pyridine rings is 1. The lowest BCUT2D eigenvalue weighted by Gasteiger charge is -2.41. The van der Waals surface area contributed by atoms with Crippen LogP contribution in [0.15, 0.2) is 73.1 Å². The maximum Gasteiger partial charge on any atom is 0.227 e. The van der Waals surface area contributed by atoms with Gasteiger partial charge in [0.15, 0.2) is 0 Å². The molecule has 1 aliphatic rings. The molecule has 0 radical (unpaired) electrons. The number of anilines is 1. The molecule has 6 nitrogen and oxygen atoms in total. The summed E-state index contributed by atoms with van der Waals surface area (Å²) in [6.45, 7) is 3.97. The van der Waals surface area contributed by atoms with Gasteiger partial charge >= 0.3 is 0 Å². The summed E-state index contributed by atoms with van der Waals surface area (Å²) >= 11 is 0. The van der Waals surface area contributed by atoms with E-state index in [9.17, 15) is 9.59 Å². The monoisotopic (exact) mass is 443 g/mol. The van der Waals surface area contributed by atoms with Gasteiger partial charge in [-0.05, 0) is 67.8 Å². The number of aromatic nitrogens is 1. The highest BCUT2D eigenvalue weighted by Gasteiger charge is 2.41. The number of methoxy groups -OCH3 is 1. The number of hydrogen-bond acceptors (Lipinski definition) is 4. The first kappa shape index (κ1) is 22.5. The molecule has 0 spiro atoms. The molecule has 1 saturated heterocycles. The predicted molar refractivity (Wildman–Crippen MR) is 128 cm³/mol. The summed E-state index contributed by atoms with van der Waals surface area (Å²) in [5.74, 6) is 0.299. The summed E-state index contributed by atoms with van der Waals surface area (Å²) in [6.07, 6.45) is 4.25. The van der Waals surface area contributed by atoms with Gasteiger partial charge < -0.3 is 15.0 Å². The van der Waals surface area contributed by atoms with Crippen LogP contribution in [0.4, 0.5) is 5.69 Å². The Balaban J connectivity index is 1.69. The SMILES string of the molecule is COc1ccc(C2C(C(=O)NC(C)c3ccncc3)CCC(=O)N2c2ccc(C)cc2)cc1. The van der Waals surface area contributed by atoms with E-state index in [2.05, 4.69) is 10.3 Å². The Kier molecular flexibility index (Phi) is 6.73. The van der Waals surface area contributed by atoms with Crippen molar-refractivity contribution < 1.29 is 14.3 Å². The van der Waals surface area contributed by atoms with Crippen molar-refractivity contribution in [2.75, 3.05) is 12.0 Å². The molecule has 2 heterocycles. The minimum atomic E-state index is -0.412. The van der Waals surface area contributed by atoms with E-state index >= 15 is 0 Å². The van der Waals surface area contributed by atoms with E-state index in [1.165, 1.54) is 0 Å². The number of aryl methyl sites for hydroxylation is 1. The summed E-state index contributed by atoms with van der Waals surface area (Å²) in [6, 6.07) is 18.7. The molecule has 0 saturated carbocycles. The van der Waals surface area contributed by atoms with Crippen LogP contribution < -0.4 is 15.0 Å². The Morgan fingerprint density at radius 2 is 1.73 bits per heavy atom. The fraction of sp³-hybridized carbons (Fsp3) is 0.296. The second-order valence-corrected chi connectivity index (χ2v) is 8.47. The molecule has 170 valence electrons. The summed E-state index contributed by atoms with van der Waals surface area (Å²) < 4.78 is 5.31. The molecule has 6 heteroatoms. The van der Waals surface area contributed by atoms with Gasteiger partial charge in [-0.1, -0.05) is 29.8 Å². The molecule has 4 rings (SSSR count). The van der Waals surface area contributed by atoms with Crippen LogP contribution in [-0.2, 0) is 9.59 Å². The van der Waals surface area contributed by atoms with Gasteiger partial charge in [-0.15, -0.1) is 0 Å². The summed E-state index contributed by atoms with van der Waals surface area (Å²) in [4.78, 5) is 32.5. The highest BCUT2D eigenvalue weighted by atomic mass is 16.5. The quantitative estimate of drug-likeness (QED) is 0.596. The van der Waals surface area contributed by atoms with Gasteiger partial charge in [0.1, 0.15) is 5.75 Å². The first-order valence-corrected chi connectivity index (χ1v) is 11.2. The molecule has 2 amide bonds.